The van der Waals surface area contributed by atoms with E-state index in [4.69, 9.17) is 5.73 Å². The third-order valence-corrected chi connectivity index (χ3v) is 2.94. The number of amides is 1. The van der Waals surface area contributed by atoms with Gasteiger partial charge in [0.25, 0.3) is 0 Å². The summed E-state index contributed by atoms with van der Waals surface area (Å²) in [7, 11) is 1.91. The minimum Gasteiger partial charge on any atom is -0.343 e. The van der Waals surface area contributed by atoms with Gasteiger partial charge in [0.1, 0.15) is 0 Å². The highest BCUT2D eigenvalue weighted by Crippen LogP contribution is 2.24. The minimum absolute atomic E-state index is 0.252. The molecule has 3 heteroatoms. The van der Waals surface area contributed by atoms with Gasteiger partial charge in [0.15, 0.2) is 0 Å². The molecule has 1 saturated carbocycles. The summed E-state index contributed by atoms with van der Waals surface area (Å²) in [6.07, 6.45) is 4.23. The molecule has 0 saturated heterocycles. The molecule has 1 aliphatic rings. The first-order chi connectivity index (χ1) is 6.15. The molecular weight excluding hydrogens is 164 g/mol. The molecule has 1 unspecified atom stereocenters. The van der Waals surface area contributed by atoms with Crippen LogP contribution in [0.15, 0.2) is 0 Å². The zero-order valence-electron chi connectivity index (χ0n) is 8.62. The SMILES string of the molecule is CC(CN)CC(=O)N(C)C1CCC1. The number of hydrogen-bond acceptors (Lipinski definition) is 2. The van der Waals surface area contributed by atoms with Crippen LogP contribution in [-0.4, -0.2) is 30.4 Å². The van der Waals surface area contributed by atoms with E-state index in [1.54, 1.807) is 0 Å². The van der Waals surface area contributed by atoms with Crippen LogP contribution < -0.4 is 5.73 Å². The second kappa shape index (κ2) is 4.61. The van der Waals surface area contributed by atoms with Gasteiger partial charge in [-0.1, -0.05) is 6.92 Å². The van der Waals surface area contributed by atoms with E-state index >= 15 is 0 Å². The van der Waals surface area contributed by atoms with Crippen LogP contribution in [0.4, 0.5) is 0 Å². The van der Waals surface area contributed by atoms with Crippen molar-refractivity contribution in [3.63, 3.8) is 0 Å². The highest BCUT2D eigenvalue weighted by molar-refractivity contribution is 5.76. The van der Waals surface area contributed by atoms with Gasteiger partial charge in [-0.25, -0.2) is 0 Å². The number of hydrogen-bond donors (Lipinski definition) is 1. The van der Waals surface area contributed by atoms with Gasteiger partial charge >= 0.3 is 0 Å². The molecule has 76 valence electrons. The predicted molar refractivity (Wildman–Crippen MR) is 53.2 cm³/mol. The van der Waals surface area contributed by atoms with Crippen molar-refractivity contribution in [2.45, 2.75) is 38.6 Å². The van der Waals surface area contributed by atoms with Gasteiger partial charge in [0.2, 0.25) is 5.91 Å². The van der Waals surface area contributed by atoms with Crippen molar-refractivity contribution in [1.29, 1.82) is 0 Å². The Hall–Kier alpha value is -0.570. The first kappa shape index (κ1) is 10.5. The smallest absolute Gasteiger partial charge is 0.222 e. The Morgan fingerprint density at radius 1 is 1.62 bits per heavy atom. The first-order valence-electron chi connectivity index (χ1n) is 5.11. The molecule has 0 radical (unpaired) electrons. The topological polar surface area (TPSA) is 46.3 Å². The summed E-state index contributed by atoms with van der Waals surface area (Å²) < 4.78 is 0. The average Bonchev–Trinajstić information content (AvgIpc) is 2.00. The normalized spacial score (nSPS) is 19.3. The molecule has 0 heterocycles. The van der Waals surface area contributed by atoms with E-state index in [-0.39, 0.29) is 5.91 Å². The molecule has 1 amide bonds. The van der Waals surface area contributed by atoms with Crippen molar-refractivity contribution in [2.75, 3.05) is 13.6 Å². The van der Waals surface area contributed by atoms with Gasteiger partial charge in [0, 0.05) is 19.5 Å². The fraction of sp³-hybridized carbons (Fsp3) is 0.900. The number of carbonyl (C=O) groups is 1. The van der Waals surface area contributed by atoms with E-state index in [1.165, 1.54) is 19.3 Å². The molecular formula is C10H20N2O. The van der Waals surface area contributed by atoms with Crippen LogP contribution in [0.5, 0.6) is 0 Å². The van der Waals surface area contributed by atoms with Crippen LogP contribution >= 0.6 is 0 Å². The summed E-state index contributed by atoms with van der Waals surface area (Å²) in [5, 5.41) is 0. The van der Waals surface area contributed by atoms with E-state index in [1.807, 2.05) is 18.9 Å². The fourth-order valence-corrected chi connectivity index (χ4v) is 1.50. The third kappa shape index (κ3) is 2.69. The molecule has 0 bridgehead atoms. The van der Waals surface area contributed by atoms with Crippen molar-refractivity contribution < 1.29 is 4.79 Å². The number of carbonyl (C=O) groups excluding carboxylic acids is 1. The van der Waals surface area contributed by atoms with E-state index < -0.39 is 0 Å². The van der Waals surface area contributed by atoms with Crippen molar-refractivity contribution in [1.82, 2.24) is 4.90 Å². The third-order valence-electron chi connectivity index (χ3n) is 2.94. The zero-order valence-corrected chi connectivity index (χ0v) is 8.62. The Morgan fingerprint density at radius 2 is 2.23 bits per heavy atom. The van der Waals surface area contributed by atoms with E-state index in [2.05, 4.69) is 0 Å². The van der Waals surface area contributed by atoms with Gasteiger partial charge in [-0.15, -0.1) is 0 Å². The second-order valence-electron chi connectivity index (χ2n) is 4.13. The average molecular weight is 184 g/mol. The van der Waals surface area contributed by atoms with Gasteiger partial charge in [-0.05, 0) is 31.7 Å². The van der Waals surface area contributed by atoms with Crippen molar-refractivity contribution in [2.24, 2.45) is 11.7 Å². The molecule has 0 aromatic carbocycles. The summed E-state index contributed by atoms with van der Waals surface area (Å²) in [6.45, 7) is 2.62. The number of nitrogens with zero attached hydrogens (tertiary/aromatic N) is 1. The van der Waals surface area contributed by atoms with Crippen LogP contribution in [0, 0.1) is 5.92 Å². The van der Waals surface area contributed by atoms with Gasteiger partial charge in [0.05, 0.1) is 0 Å². The van der Waals surface area contributed by atoms with Crippen LogP contribution in [0.3, 0.4) is 0 Å². The number of rotatable bonds is 4. The lowest BCUT2D eigenvalue weighted by molar-refractivity contribution is -0.134. The van der Waals surface area contributed by atoms with Crippen LogP contribution in [0.1, 0.15) is 32.6 Å². The van der Waals surface area contributed by atoms with Crippen LogP contribution in [0.25, 0.3) is 0 Å². The van der Waals surface area contributed by atoms with Crippen molar-refractivity contribution in [3.05, 3.63) is 0 Å². The predicted octanol–water partition coefficient (Wildman–Crippen LogP) is 0.982. The van der Waals surface area contributed by atoms with Gasteiger partial charge in [-0.3, -0.25) is 4.79 Å². The lowest BCUT2D eigenvalue weighted by atomic mass is 9.91. The molecule has 3 nitrogen and oxygen atoms in total. The molecule has 0 spiro atoms. The van der Waals surface area contributed by atoms with Gasteiger partial charge < -0.3 is 10.6 Å². The lowest BCUT2D eigenvalue weighted by Crippen LogP contribution is -2.42. The molecule has 2 N–H and O–H groups in total. The molecule has 1 rings (SSSR count). The van der Waals surface area contributed by atoms with E-state index in [0.29, 0.717) is 24.9 Å². The summed E-state index contributed by atoms with van der Waals surface area (Å²) in [5.41, 5.74) is 5.47. The molecule has 0 aromatic rings. The summed E-state index contributed by atoms with van der Waals surface area (Å²) in [6, 6.07) is 0.512. The molecule has 13 heavy (non-hydrogen) atoms. The maximum atomic E-state index is 11.6. The largest absolute Gasteiger partial charge is 0.343 e. The Kier molecular flexibility index (Phi) is 3.72. The Bertz CT molecular complexity index is 178. The van der Waals surface area contributed by atoms with Crippen LogP contribution in [0.2, 0.25) is 0 Å². The zero-order chi connectivity index (χ0) is 9.84. The molecule has 1 aliphatic carbocycles. The van der Waals surface area contributed by atoms with Gasteiger partial charge in [-0.2, -0.15) is 0 Å². The Morgan fingerprint density at radius 3 is 2.62 bits per heavy atom. The maximum absolute atomic E-state index is 11.6. The van der Waals surface area contributed by atoms with Crippen molar-refractivity contribution >= 4 is 5.91 Å². The standard InChI is InChI=1S/C10H20N2O/c1-8(7-11)6-10(13)12(2)9-4-3-5-9/h8-9H,3-7,11H2,1-2H3. The Labute approximate surface area is 80.3 Å². The monoisotopic (exact) mass is 184 g/mol. The quantitative estimate of drug-likeness (QED) is 0.708. The maximum Gasteiger partial charge on any atom is 0.222 e. The molecule has 1 atom stereocenters. The van der Waals surface area contributed by atoms with E-state index in [9.17, 15) is 4.79 Å². The highest BCUT2D eigenvalue weighted by atomic mass is 16.2. The highest BCUT2D eigenvalue weighted by Gasteiger charge is 2.25. The van der Waals surface area contributed by atoms with Crippen molar-refractivity contribution in [3.8, 4) is 0 Å². The summed E-state index contributed by atoms with van der Waals surface area (Å²) in [5.74, 6) is 0.567. The van der Waals surface area contributed by atoms with Crippen LogP contribution in [-0.2, 0) is 4.79 Å². The molecule has 0 aromatic heterocycles. The Balaban J connectivity index is 2.28. The summed E-state index contributed by atoms with van der Waals surface area (Å²) >= 11 is 0. The lowest BCUT2D eigenvalue weighted by Gasteiger charge is -2.35. The fourth-order valence-electron chi connectivity index (χ4n) is 1.50. The number of nitrogens with two attached hydrogens (primary N) is 1. The molecule has 0 aliphatic heterocycles. The molecule has 1 fully saturated rings. The minimum atomic E-state index is 0.252. The second-order valence-corrected chi connectivity index (χ2v) is 4.13. The first-order valence-corrected chi connectivity index (χ1v) is 5.11. The van der Waals surface area contributed by atoms with E-state index in [0.717, 1.165) is 0 Å². The summed E-state index contributed by atoms with van der Waals surface area (Å²) in [4.78, 5) is 13.5.